The van der Waals surface area contributed by atoms with Crippen LogP contribution < -0.4 is 10.1 Å². The molecule has 0 aliphatic carbocycles. The first kappa shape index (κ1) is 22.6. The minimum Gasteiger partial charge on any atom is -0.497 e. The SMILES string of the molecule is COc1ccc(-c2cc(NCCCN(C)CC3CCN(C)CC3)c3ccccc3n2)cc1. The molecule has 0 unspecified atom stereocenters. The number of benzene rings is 2. The van der Waals surface area contributed by atoms with Crippen molar-refractivity contribution < 1.29 is 4.74 Å². The highest BCUT2D eigenvalue weighted by Gasteiger charge is 2.17. The van der Waals surface area contributed by atoms with Crippen LogP contribution in [0.25, 0.3) is 22.2 Å². The van der Waals surface area contributed by atoms with Gasteiger partial charge >= 0.3 is 0 Å². The van der Waals surface area contributed by atoms with E-state index in [-0.39, 0.29) is 0 Å². The summed E-state index contributed by atoms with van der Waals surface area (Å²) in [7, 11) is 6.19. The summed E-state index contributed by atoms with van der Waals surface area (Å²) < 4.78 is 5.30. The van der Waals surface area contributed by atoms with Gasteiger partial charge in [-0.1, -0.05) is 18.2 Å². The molecule has 0 atom stereocenters. The van der Waals surface area contributed by atoms with Gasteiger partial charge in [-0.25, -0.2) is 4.98 Å². The van der Waals surface area contributed by atoms with Crippen molar-refractivity contribution in [2.24, 2.45) is 5.92 Å². The zero-order chi connectivity index (χ0) is 22.3. The summed E-state index contributed by atoms with van der Waals surface area (Å²) in [5, 5.41) is 4.86. The fraction of sp³-hybridized carbons (Fsp3) is 0.444. The Balaban J connectivity index is 1.37. The molecule has 0 bridgehead atoms. The summed E-state index contributed by atoms with van der Waals surface area (Å²) in [6, 6.07) is 18.6. The molecule has 1 fully saturated rings. The maximum atomic E-state index is 5.30. The van der Waals surface area contributed by atoms with Gasteiger partial charge in [-0.15, -0.1) is 0 Å². The van der Waals surface area contributed by atoms with Crippen LogP contribution in [0.1, 0.15) is 19.3 Å². The number of pyridine rings is 1. The van der Waals surface area contributed by atoms with E-state index in [0.29, 0.717) is 0 Å². The lowest BCUT2D eigenvalue weighted by Crippen LogP contribution is -2.36. The van der Waals surface area contributed by atoms with E-state index >= 15 is 0 Å². The van der Waals surface area contributed by atoms with E-state index in [1.165, 1.54) is 37.9 Å². The number of anilines is 1. The lowest BCUT2D eigenvalue weighted by molar-refractivity contribution is 0.176. The van der Waals surface area contributed by atoms with Crippen molar-refractivity contribution >= 4 is 16.6 Å². The molecule has 1 saturated heterocycles. The number of methoxy groups -OCH3 is 1. The summed E-state index contributed by atoms with van der Waals surface area (Å²) in [4.78, 5) is 9.85. The third-order valence-corrected chi connectivity index (χ3v) is 6.54. The topological polar surface area (TPSA) is 40.6 Å². The molecule has 0 radical (unpaired) electrons. The van der Waals surface area contributed by atoms with Gasteiger partial charge in [-0.3, -0.25) is 0 Å². The number of rotatable bonds is 9. The van der Waals surface area contributed by atoms with Crippen LogP contribution in [0.3, 0.4) is 0 Å². The van der Waals surface area contributed by atoms with Gasteiger partial charge in [0.15, 0.2) is 0 Å². The first-order valence-corrected chi connectivity index (χ1v) is 11.8. The third-order valence-electron chi connectivity index (χ3n) is 6.54. The van der Waals surface area contributed by atoms with Crippen molar-refractivity contribution in [1.82, 2.24) is 14.8 Å². The predicted octanol–water partition coefficient (Wildman–Crippen LogP) is 4.99. The summed E-state index contributed by atoms with van der Waals surface area (Å²) in [6.07, 6.45) is 3.78. The molecule has 3 aromatic rings. The van der Waals surface area contributed by atoms with Crippen LogP contribution >= 0.6 is 0 Å². The second-order valence-electron chi connectivity index (χ2n) is 9.09. The second kappa shape index (κ2) is 10.8. The molecule has 0 amide bonds. The number of likely N-dealkylation sites (tertiary alicyclic amines) is 1. The van der Waals surface area contributed by atoms with Gasteiger partial charge in [0.2, 0.25) is 0 Å². The van der Waals surface area contributed by atoms with Crippen LogP contribution in [0.4, 0.5) is 5.69 Å². The van der Waals surface area contributed by atoms with Gasteiger partial charge in [-0.2, -0.15) is 0 Å². The Labute approximate surface area is 192 Å². The van der Waals surface area contributed by atoms with E-state index in [2.05, 4.69) is 71.7 Å². The molecule has 1 aliphatic rings. The lowest BCUT2D eigenvalue weighted by Gasteiger charge is -2.31. The monoisotopic (exact) mass is 432 g/mol. The largest absolute Gasteiger partial charge is 0.497 e. The molecule has 32 heavy (non-hydrogen) atoms. The molecule has 4 rings (SSSR count). The first-order chi connectivity index (χ1) is 15.6. The van der Waals surface area contributed by atoms with E-state index in [0.717, 1.165) is 53.6 Å². The Bertz CT molecular complexity index is 996. The van der Waals surface area contributed by atoms with Crippen molar-refractivity contribution in [2.45, 2.75) is 19.3 Å². The number of hydrogen-bond acceptors (Lipinski definition) is 5. The summed E-state index contributed by atoms with van der Waals surface area (Å²) in [5.74, 6) is 1.71. The highest BCUT2D eigenvalue weighted by molar-refractivity contribution is 5.93. The fourth-order valence-electron chi connectivity index (χ4n) is 4.58. The fourth-order valence-corrected chi connectivity index (χ4v) is 4.58. The molecule has 5 heteroatoms. The summed E-state index contributed by atoms with van der Waals surface area (Å²) >= 11 is 0. The Kier molecular flexibility index (Phi) is 7.61. The zero-order valence-electron chi connectivity index (χ0n) is 19.7. The number of piperidine rings is 1. The number of hydrogen-bond donors (Lipinski definition) is 1. The number of ether oxygens (including phenoxy) is 1. The molecule has 1 aromatic heterocycles. The summed E-state index contributed by atoms with van der Waals surface area (Å²) in [6.45, 7) is 5.77. The van der Waals surface area contributed by atoms with Crippen molar-refractivity contribution in [3.8, 4) is 17.0 Å². The molecule has 1 aliphatic heterocycles. The zero-order valence-corrected chi connectivity index (χ0v) is 19.7. The first-order valence-electron chi connectivity index (χ1n) is 11.8. The smallest absolute Gasteiger partial charge is 0.118 e. The molecule has 0 saturated carbocycles. The number of aromatic nitrogens is 1. The highest BCUT2D eigenvalue weighted by atomic mass is 16.5. The minimum absolute atomic E-state index is 0.848. The van der Waals surface area contributed by atoms with Gasteiger partial charge in [0.25, 0.3) is 0 Å². The van der Waals surface area contributed by atoms with E-state index in [1.807, 2.05) is 12.1 Å². The molecular weight excluding hydrogens is 396 g/mol. The van der Waals surface area contributed by atoms with Crippen LogP contribution in [0.2, 0.25) is 0 Å². The van der Waals surface area contributed by atoms with Crippen molar-refractivity contribution in [1.29, 1.82) is 0 Å². The molecule has 0 spiro atoms. The molecule has 2 heterocycles. The average molecular weight is 433 g/mol. The van der Waals surface area contributed by atoms with E-state index in [9.17, 15) is 0 Å². The van der Waals surface area contributed by atoms with Gasteiger partial charge in [0, 0.05) is 29.7 Å². The maximum Gasteiger partial charge on any atom is 0.118 e. The molecule has 5 nitrogen and oxygen atoms in total. The van der Waals surface area contributed by atoms with Gasteiger partial charge in [-0.05, 0) is 95.3 Å². The van der Waals surface area contributed by atoms with Crippen molar-refractivity contribution in [2.75, 3.05) is 59.2 Å². The highest BCUT2D eigenvalue weighted by Crippen LogP contribution is 2.29. The van der Waals surface area contributed by atoms with Gasteiger partial charge in [0.05, 0.1) is 18.3 Å². The van der Waals surface area contributed by atoms with E-state index in [4.69, 9.17) is 9.72 Å². The Morgan fingerprint density at radius 3 is 2.59 bits per heavy atom. The summed E-state index contributed by atoms with van der Waals surface area (Å²) in [5.41, 5.74) is 4.24. The molecule has 2 aromatic carbocycles. The molecular formula is C27H36N4O. The van der Waals surface area contributed by atoms with Crippen LogP contribution in [-0.4, -0.2) is 68.7 Å². The van der Waals surface area contributed by atoms with Crippen LogP contribution in [-0.2, 0) is 0 Å². The van der Waals surface area contributed by atoms with Crippen LogP contribution in [0.5, 0.6) is 5.75 Å². The quantitative estimate of drug-likeness (QED) is 0.483. The molecule has 170 valence electrons. The number of fused-ring (bicyclic) bond motifs is 1. The van der Waals surface area contributed by atoms with E-state index in [1.54, 1.807) is 7.11 Å². The normalized spacial score (nSPS) is 15.4. The lowest BCUT2D eigenvalue weighted by atomic mass is 9.97. The van der Waals surface area contributed by atoms with Crippen molar-refractivity contribution in [3.05, 3.63) is 54.6 Å². The molecule has 1 N–H and O–H groups in total. The third kappa shape index (κ3) is 5.78. The standard InChI is InChI=1S/C27H36N4O/c1-30-17-13-21(14-18-30)20-31(2)16-6-15-28-27-19-26(22-9-11-23(32-3)12-10-22)29-25-8-5-4-7-24(25)27/h4-5,7-12,19,21H,6,13-18,20H2,1-3H3,(H,28,29). The van der Waals surface area contributed by atoms with Gasteiger partial charge in [0.1, 0.15) is 5.75 Å². The Morgan fingerprint density at radius 2 is 1.84 bits per heavy atom. The van der Waals surface area contributed by atoms with Gasteiger partial charge < -0.3 is 19.9 Å². The maximum absolute atomic E-state index is 5.30. The van der Waals surface area contributed by atoms with Crippen LogP contribution in [0.15, 0.2) is 54.6 Å². The Morgan fingerprint density at radius 1 is 1.09 bits per heavy atom. The number of para-hydroxylation sites is 1. The second-order valence-corrected chi connectivity index (χ2v) is 9.09. The van der Waals surface area contributed by atoms with E-state index < -0.39 is 0 Å². The Hall–Kier alpha value is -2.63. The number of nitrogens with zero attached hydrogens (tertiary/aromatic N) is 3. The predicted molar refractivity (Wildman–Crippen MR) is 135 cm³/mol. The number of nitrogens with one attached hydrogen (secondary N) is 1. The average Bonchev–Trinajstić information content (AvgIpc) is 2.83. The minimum atomic E-state index is 0.848. The van der Waals surface area contributed by atoms with Crippen LogP contribution in [0, 0.1) is 5.92 Å². The van der Waals surface area contributed by atoms with Crippen molar-refractivity contribution in [3.63, 3.8) is 0 Å².